The van der Waals surface area contributed by atoms with Gasteiger partial charge in [-0.3, -0.25) is 0 Å². The van der Waals surface area contributed by atoms with Crippen LogP contribution in [0.15, 0.2) is 194 Å². The Hall–Kier alpha value is -7.43. The first kappa shape index (κ1) is 33.9. The zero-order valence-electron chi connectivity index (χ0n) is 32.3. The minimum atomic E-state index is -0.0899. The van der Waals surface area contributed by atoms with E-state index in [0.29, 0.717) is 17.5 Å². The summed E-state index contributed by atoms with van der Waals surface area (Å²) in [7, 11) is 0. The molecule has 11 rings (SSSR count). The zero-order valence-corrected chi connectivity index (χ0v) is 32.3. The van der Waals surface area contributed by atoms with Crippen LogP contribution in [0.4, 0.5) is 0 Å². The Morgan fingerprint density at radius 3 is 1.59 bits per heavy atom. The first-order chi connectivity index (χ1) is 28.5. The number of para-hydroxylation sites is 1. The van der Waals surface area contributed by atoms with E-state index >= 15 is 0 Å². The second kappa shape index (κ2) is 13.4. The van der Waals surface area contributed by atoms with Gasteiger partial charge in [-0.25, -0.2) is 15.0 Å². The quantitative estimate of drug-likeness (QED) is 0.170. The third kappa shape index (κ3) is 5.56. The van der Waals surface area contributed by atoms with Crippen LogP contribution in [0, 0.1) is 0 Å². The fourth-order valence-electron chi connectivity index (χ4n) is 8.90. The van der Waals surface area contributed by atoms with Crippen LogP contribution in [0.5, 0.6) is 0 Å². The van der Waals surface area contributed by atoms with Gasteiger partial charge in [0.2, 0.25) is 0 Å². The molecule has 0 amide bonds. The molecule has 1 aliphatic carbocycles. The fraction of sp³-hybridized carbons (Fsp3) is 0.0556. The van der Waals surface area contributed by atoms with Crippen LogP contribution >= 0.6 is 0 Å². The van der Waals surface area contributed by atoms with Crippen molar-refractivity contribution >= 4 is 21.8 Å². The molecule has 58 heavy (non-hydrogen) atoms. The number of hydrogen-bond acceptors (Lipinski definition) is 3. The Bertz CT molecular complexity index is 3120. The van der Waals surface area contributed by atoms with Gasteiger partial charge in [0.15, 0.2) is 17.5 Å². The lowest BCUT2D eigenvalue weighted by molar-refractivity contribution is 0.660. The van der Waals surface area contributed by atoms with Crippen molar-refractivity contribution in [2.45, 2.75) is 19.3 Å². The van der Waals surface area contributed by atoms with E-state index in [9.17, 15) is 0 Å². The lowest BCUT2D eigenvalue weighted by Gasteiger charge is -2.22. The molecule has 4 nitrogen and oxygen atoms in total. The Balaban J connectivity index is 1.01. The van der Waals surface area contributed by atoms with Gasteiger partial charge in [-0.05, 0) is 87.0 Å². The largest absolute Gasteiger partial charge is 0.309 e. The molecule has 4 heteroatoms. The second-order valence-corrected chi connectivity index (χ2v) is 15.7. The summed E-state index contributed by atoms with van der Waals surface area (Å²) in [4.78, 5) is 15.0. The monoisotopic (exact) mass is 742 g/mol. The summed E-state index contributed by atoms with van der Waals surface area (Å²) in [6, 6.07) is 69.1. The van der Waals surface area contributed by atoms with E-state index in [1.54, 1.807) is 0 Å². The van der Waals surface area contributed by atoms with Gasteiger partial charge in [0.25, 0.3) is 0 Å². The minimum absolute atomic E-state index is 0.0899. The average Bonchev–Trinajstić information content (AvgIpc) is 3.74. The van der Waals surface area contributed by atoms with E-state index in [0.717, 1.165) is 33.4 Å². The van der Waals surface area contributed by atoms with Crippen molar-refractivity contribution in [2.24, 2.45) is 0 Å². The van der Waals surface area contributed by atoms with Crippen LogP contribution in [0.25, 0.3) is 95.0 Å². The van der Waals surface area contributed by atoms with Crippen molar-refractivity contribution < 1.29 is 0 Å². The van der Waals surface area contributed by atoms with Crippen molar-refractivity contribution in [1.82, 2.24) is 19.5 Å². The molecule has 2 heterocycles. The van der Waals surface area contributed by atoms with Gasteiger partial charge in [0, 0.05) is 38.6 Å². The van der Waals surface area contributed by atoms with Gasteiger partial charge in [0.1, 0.15) is 0 Å². The summed E-state index contributed by atoms with van der Waals surface area (Å²) >= 11 is 0. The van der Waals surface area contributed by atoms with E-state index in [-0.39, 0.29) is 5.41 Å². The molecule has 0 bridgehead atoms. The summed E-state index contributed by atoms with van der Waals surface area (Å²) in [5.74, 6) is 1.93. The standard InChI is InChI=1S/C54H38N4/c1-54(2)47-29-26-38(32-45(47)43-28-25-40(34-48(43)54)35-15-6-3-7-16-35)39-27-30-50-46(33-39)44-23-12-13-24-49(44)58(50)42-22-14-21-41(31-42)53-56-51(36-17-8-4-9-18-36)55-52(57-53)37-19-10-5-11-20-37/h3-34H,1-2H3. The highest BCUT2D eigenvalue weighted by atomic mass is 15.0. The second-order valence-electron chi connectivity index (χ2n) is 15.7. The highest BCUT2D eigenvalue weighted by molar-refractivity contribution is 6.10. The summed E-state index contributed by atoms with van der Waals surface area (Å²) in [5.41, 5.74) is 16.4. The maximum absolute atomic E-state index is 5.03. The highest BCUT2D eigenvalue weighted by Gasteiger charge is 2.35. The molecular weight excluding hydrogens is 705 g/mol. The molecule has 1 aliphatic rings. The summed E-state index contributed by atoms with van der Waals surface area (Å²) in [6.07, 6.45) is 0. The topological polar surface area (TPSA) is 43.6 Å². The van der Waals surface area contributed by atoms with Gasteiger partial charge in [-0.15, -0.1) is 0 Å². The number of aromatic nitrogens is 4. The molecule has 274 valence electrons. The number of benzene rings is 8. The van der Waals surface area contributed by atoms with E-state index in [1.165, 1.54) is 55.3 Å². The number of fused-ring (bicyclic) bond motifs is 6. The Morgan fingerprint density at radius 2 is 0.879 bits per heavy atom. The molecule has 0 unspecified atom stereocenters. The van der Waals surface area contributed by atoms with E-state index in [2.05, 4.69) is 152 Å². The predicted molar refractivity (Wildman–Crippen MR) is 239 cm³/mol. The smallest absolute Gasteiger partial charge is 0.164 e. The first-order valence-electron chi connectivity index (χ1n) is 19.9. The third-order valence-electron chi connectivity index (χ3n) is 11.9. The van der Waals surface area contributed by atoms with Gasteiger partial charge in [-0.1, -0.05) is 166 Å². The average molecular weight is 743 g/mol. The fourth-order valence-corrected chi connectivity index (χ4v) is 8.90. The van der Waals surface area contributed by atoms with Crippen molar-refractivity contribution in [2.75, 3.05) is 0 Å². The number of hydrogen-bond donors (Lipinski definition) is 0. The molecular formula is C54H38N4. The zero-order chi connectivity index (χ0) is 38.8. The predicted octanol–water partition coefficient (Wildman–Crippen LogP) is 13.6. The SMILES string of the molecule is CC1(C)c2ccc(-c3ccc4c(c3)c3ccccc3n4-c3cccc(-c4nc(-c5ccccc5)nc(-c5ccccc5)n4)c3)cc2-c2ccc(-c3ccccc3)cc21. The van der Waals surface area contributed by atoms with Gasteiger partial charge >= 0.3 is 0 Å². The number of nitrogens with zero attached hydrogens (tertiary/aromatic N) is 4. The molecule has 0 fully saturated rings. The molecule has 0 saturated carbocycles. The van der Waals surface area contributed by atoms with E-state index < -0.39 is 0 Å². The van der Waals surface area contributed by atoms with E-state index in [1.807, 2.05) is 60.7 Å². The number of rotatable bonds is 6. The van der Waals surface area contributed by atoms with Crippen LogP contribution in [0.1, 0.15) is 25.0 Å². The Kier molecular flexibility index (Phi) is 7.80. The first-order valence-corrected chi connectivity index (χ1v) is 19.9. The third-order valence-corrected chi connectivity index (χ3v) is 11.9. The molecule has 8 aromatic carbocycles. The van der Waals surface area contributed by atoms with Gasteiger partial charge < -0.3 is 4.57 Å². The lowest BCUT2D eigenvalue weighted by Crippen LogP contribution is -2.15. The van der Waals surface area contributed by atoms with Crippen molar-refractivity contribution in [3.8, 4) is 73.2 Å². The van der Waals surface area contributed by atoms with Crippen LogP contribution < -0.4 is 0 Å². The summed E-state index contributed by atoms with van der Waals surface area (Å²) in [5, 5.41) is 2.42. The van der Waals surface area contributed by atoms with Crippen LogP contribution in [0.2, 0.25) is 0 Å². The molecule has 0 saturated heterocycles. The summed E-state index contributed by atoms with van der Waals surface area (Å²) < 4.78 is 2.36. The molecule has 0 atom stereocenters. The minimum Gasteiger partial charge on any atom is -0.309 e. The van der Waals surface area contributed by atoms with E-state index in [4.69, 9.17) is 15.0 Å². The van der Waals surface area contributed by atoms with Crippen molar-refractivity contribution in [3.63, 3.8) is 0 Å². The Morgan fingerprint density at radius 1 is 0.345 bits per heavy atom. The molecule has 0 aliphatic heterocycles. The highest BCUT2D eigenvalue weighted by Crippen LogP contribution is 2.51. The molecule has 2 aromatic heterocycles. The normalized spacial score (nSPS) is 12.8. The maximum Gasteiger partial charge on any atom is 0.164 e. The van der Waals surface area contributed by atoms with Gasteiger partial charge in [0.05, 0.1) is 11.0 Å². The maximum atomic E-state index is 5.03. The van der Waals surface area contributed by atoms with Crippen molar-refractivity contribution in [1.29, 1.82) is 0 Å². The van der Waals surface area contributed by atoms with Crippen LogP contribution in [0.3, 0.4) is 0 Å². The van der Waals surface area contributed by atoms with Gasteiger partial charge in [-0.2, -0.15) is 0 Å². The molecule has 0 spiro atoms. The van der Waals surface area contributed by atoms with Crippen LogP contribution in [-0.4, -0.2) is 19.5 Å². The molecule has 10 aromatic rings. The molecule has 0 N–H and O–H groups in total. The Labute approximate surface area is 337 Å². The van der Waals surface area contributed by atoms with Crippen molar-refractivity contribution in [3.05, 3.63) is 205 Å². The van der Waals surface area contributed by atoms with Crippen LogP contribution in [-0.2, 0) is 5.41 Å². The lowest BCUT2D eigenvalue weighted by atomic mass is 9.81. The summed E-state index contributed by atoms with van der Waals surface area (Å²) in [6.45, 7) is 4.71. The molecule has 0 radical (unpaired) electrons.